The van der Waals surface area contributed by atoms with Crippen LogP contribution in [0.25, 0.3) is 10.9 Å². The van der Waals surface area contributed by atoms with Gasteiger partial charge in [0.15, 0.2) is 0 Å². The summed E-state index contributed by atoms with van der Waals surface area (Å²) in [6, 6.07) is 17.0. The molecule has 1 amide bonds. The van der Waals surface area contributed by atoms with Gasteiger partial charge in [0.05, 0.1) is 27.5 Å². The average Bonchev–Trinajstić information content (AvgIpc) is 2.89. The van der Waals surface area contributed by atoms with E-state index in [2.05, 4.69) is 40.5 Å². The van der Waals surface area contributed by atoms with Gasteiger partial charge in [-0.2, -0.15) is 5.26 Å². The monoisotopic (exact) mass is 527 g/mol. The highest BCUT2D eigenvalue weighted by atomic mass is 35.5. The van der Waals surface area contributed by atoms with Crippen LogP contribution in [0.15, 0.2) is 60.9 Å². The number of carbonyl (C=O) groups is 1. The number of carbonyl (C=O) groups excluding carboxylic acids is 1. The van der Waals surface area contributed by atoms with E-state index >= 15 is 0 Å². The summed E-state index contributed by atoms with van der Waals surface area (Å²) < 4.78 is 5.83. The first-order valence-corrected chi connectivity index (χ1v) is 12.9. The van der Waals surface area contributed by atoms with Gasteiger partial charge in [0, 0.05) is 35.6 Å². The fourth-order valence-electron chi connectivity index (χ4n) is 4.06. The van der Waals surface area contributed by atoms with E-state index < -0.39 is 0 Å². The fraction of sp³-hybridized carbons (Fsp3) is 0.267. The predicted molar refractivity (Wildman–Crippen MR) is 152 cm³/mol. The first kappa shape index (κ1) is 26.9. The van der Waals surface area contributed by atoms with Gasteiger partial charge in [-0.3, -0.25) is 14.8 Å². The van der Waals surface area contributed by atoms with Crippen LogP contribution < -0.4 is 15.4 Å². The van der Waals surface area contributed by atoms with Crippen LogP contribution in [0.3, 0.4) is 0 Å². The van der Waals surface area contributed by atoms with Gasteiger partial charge in [-0.15, -0.1) is 0 Å². The Bertz CT molecular complexity index is 1480. The Morgan fingerprint density at radius 2 is 2.00 bits per heavy atom. The number of nitrogens with one attached hydrogen (secondary N) is 2. The number of amides is 1. The van der Waals surface area contributed by atoms with Gasteiger partial charge in [0.25, 0.3) is 0 Å². The number of nitriles is 1. The summed E-state index contributed by atoms with van der Waals surface area (Å²) in [4.78, 5) is 21.3. The van der Waals surface area contributed by atoms with Crippen LogP contribution in [0.1, 0.15) is 49.9 Å². The Labute approximate surface area is 227 Å². The van der Waals surface area contributed by atoms with Crippen molar-refractivity contribution >= 4 is 45.5 Å². The zero-order chi connectivity index (χ0) is 27.1. The maximum absolute atomic E-state index is 12.6. The molecule has 0 fully saturated rings. The van der Waals surface area contributed by atoms with Gasteiger partial charge in [-0.1, -0.05) is 37.9 Å². The number of ether oxygens (including phenoxy) is 1. The highest BCUT2D eigenvalue weighted by Gasteiger charge is 2.14. The Morgan fingerprint density at radius 1 is 1.16 bits per heavy atom. The molecule has 0 aliphatic heterocycles. The molecule has 2 aromatic carbocycles. The van der Waals surface area contributed by atoms with E-state index in [1.165, 1.54) is 0 Å². The van der Waals surface area contributed by atoms with Crippen molar-refractivity contribution in [3.8, 4) is 11.8 Å². The highest BCUT2D eigenvalue weighted by Crippen LogP contribution is 2.35. The molecule has 8 heteroatoms. The van der Waals surface area contributed by atoms with E-state index in [0.29, 0.717) is 57.9 Å². The summed E-state index contributed by atoms with van der Waals surface area (Å²) in [6.07, 6.45) is 5.56. The fourth-order valence-corrected chi connectivity index (χ4v) is 4.29. The van der Waals surface area contributed by atoms with Crippen molar-refractivity contribution < 1.29 is 9.53 Å². The van der Waals surface area contributed by atoms with Crippen molar-refractivity contribution in [3.63, 3.8) is 0 Å². The third-order valence-corrected chi connectivity index (χ3v) is 6.39. The van der Waals surface area contributed by atoms with Crippen molar-refractivity contribution in [2.45, 2.75) is 46.6 Å². The minimum atomic E-state index is -0.0277. The molecule has 7 nitrogen and oxygen atoms in total. The van der Waals surface area contributed by atoms with Crippen molar-refractivity contribution in [1.29, 1.82) is 5.26 Å². The normalized spacial score (nSPS) is 10.8. The summed E-state index contributed by atoms with van der Waals surface area (Å²) >= 11 is 6.51. The molecule has 0 radical (unpaired) electrons. The van der Waals surface area contributed by atoms with E-state index in [4.69, 9.17) is 16.3 Å². The second-order valence-electron chi connectivity index (χ2n) is 9.56. The van der Waals surface area contributed by atoms with E-state index in [0.717, 1.165) is 29.5 Å². The van der Waals surface area contributed by atoms with Crippen LogP contribution in [0, 0.1) is 24.2 Å². The van der Waals surface area contributed by atoms with Crippen molar-refractivity contribution in [2.24, 2.45) is 5.92 Å². The number of nitrogens with zero attached hydrogens (tertiary/aromatic N) is 3. The molecule has 0 spiro atoms. The molecule has 4 rings (SSSR count). The summed E-state index contributed by atoms with van der Waals surface area (Å²) in [6.45, 7) is 6.52. The smallest absolute Gasteiger partial charge is 0.224 e. The lowest BCUT2D eigenvalue weighted by Crippen LogP contribution is -2.12. The number of aromatic nitrogens is 2. The first-order chi connectivity index (χ1) is 18.3. The van der Waals surface area contributed by atoms with Gasteiger partial charge in [-0.25, -0.2) is 0 Å². The second kappa shape index (κ2) is 12.4. The van der Waals surface area contributed by atoms with E-state index in [1.54, 1.807) is 24.5 Å². The van der Waals surface area contributed by atoms with Crippen molar-refractivity contribution in [3.05, 3.63) is 82.8 Å². The molecule has 4 aromatic rings. The van der Waals surface area contributed by atoms with Gasteiger partial charge in [0.2, 0.25) is 5.91 Å². The number of benzene rings is 2. The lowest BCUT2D eigenvalue weighted by Gasteiger charge is -2.16. The molecule has 194 valence electrons. The lowest BCUT2D eigenvalue weighted by molar-refractivity contribution is -0.116. The molecule has 0 saturated heterocycles. The number of fused-ring (bicyclic) bond motifs is 1. The van der Waals surface area contributed by atoms with E-state index in [-0.39, 0.29) is 5.91 Å². The van der Waals surface area contributed by atoms with E-state index in [1.807, 2.05) is 43.3 Å². The highest BCUT2D eigenvalue weighted by molar-refractivity contribution is 6.32. The molecule has 2 heterocycles. The zero-order valence-corrected chi connectivity index (χ0v) is 22.5. The van der Waals surface area contributed by atoms with Crippen molar-refractivity contribution in [2.75, 3.05) is 10.6 Å². The van der Waals surface area contributed by atoms with E-state index in [9.17, 15) is 10.1 Å². The molecule has 0 atom stereocenters. The minimum absolute atomic E-state index is 0.0277. The summed E-state index contributed by atoms with van der Waals surface area (Å²) in [7, 11) is 0. The number of aryl methyl sites for hydroxylation is 1. The lowest BCUT2D eigenvalue weighted by atomic mass is 10.0. The molecule has 38 heavy (non-hydrogen) atoms. The predicted octanol–water partition coefficient (Wildman–Crippen LogP) is 7.55. The third kappa shape index (κ3) is 6.78. The maximum Gasteiger partial charge on any atom is 0.224 e. The Balaban J connectivity index is 1.58. The van der Waals surface area contributed by atoms with Gasteiger partial charge in [-0.05, 0) is 67.3 Å². The Morgan fingerprint density at radius 3 is 2.71 bits per heavy atom. The number of hydrogen-bond acceptors (Lipinski definition) is 6. The molecular weight excluding hydrogens is 498 g/mol. The number of pyridine rings is 2. The van der Waals surface area contributed by atoms with Crippen molar-refractivity contribution in [1.82, 2.24) is 9.97 Å². The third-order valence-electron chi connectivity index (χ3n) is 6.10. The van der Waals surface area contributed by atoms with Crippen LogP contribution in [0.2, 0.25) is 5.02 Å². The Kier molecular flexibility index (Phi) is 8.77. The van der Waals surface area contributed by atoms with Gasteiger partial charge < -0.3 is 15.4 Å². The number of rotatable bonds is 10. The first-order valence-electron chi connectivity index (χ1n) is 12.6. The molecule has 0 aliphatic rings. The average molecular weight is 528 g/mol. The number of anilines is 3. The second-order valence-corrected chi connectivity index (χ2v) is 9.96. The minimum Gasteiger partial charge on any atom is -0.486 e. The van der Waals surface area contributed by atoms with Crippen LogP contribution >= 0.6 is 11.6 Å². The number of hydrogen-bond donors (Lipinski definition) is 2. The van der Waals surface area contributed by atoms with Crippen LogP contribution in [0.5, 0.6) is 5.75 Å². The quantitative estimate of drug-likeness (QED) is 0.221. The maximum atomic E-state index is 12.6. The largest absolute Gasteiger partial charge is 0.486 e. The van der Waals surface area contributed by atoms with Gasteiger partial charge >= 0.3 is 0 Å². The van der Waals surface area contributed by atoms with Crippen LogP contribution in [-0.4, -0.2) is 15.9 Å². The molecule has 2 aromatic heterocycles. The SMILES string of the molecule is Cc1cc2ncc(C#N)c(Nc3ccc(OCc4ccccn4)c(Cl)c3)c2cc1NC(=O)CCCC(C)C. The zero-order valence-electron chi connectivity index (χ0n) is 21.7. The summed E-state index contributed by atoms with van der Waals surface area (Å²) in [5.74, 6) is 1.06. The molecule has 0 unspecified atom stereocenters. The molecule has 2 N–H and O–H groups in total. The number of halogens is 1. The van der Waals surface area contributed by atoms with Gasteiger partial charge in [0.1, 0.15) is 18.4 Å². The molecule has 0 aliphatic carbocycles. The molecule has 0 bridgehead atoms. The van der Waals surface area contributed by atoms with Crippen LogP contribution in [0.4, 0.5) is 17.1 Å². The standard InChI is InChI=1S/C30H30ClN5O2/c1-19(2)7-6-9-29(37)36-26-15-24-27(13-20(26)3)34-17-21(16-32)30(24)35-22-10-11-28(25(31)14-22)38-18-23-8-4-5-12-33-23/h4-5,8,10-15,17,19H,6-7,9,18H2,1-3H3,(H,34,35)(H,36,37). The topological polar surface area (TPSA) is 99.9 Å². The van der Waals surface area contributed by atoms with Crippen LogP contribution in [-0.2, 0) is 11.4 Å². The summed E-state index contributed by atoms with van der Waals surface area (Å²) in [5, 5.41) is 17.3. The molecule has 0 saturated carbocycles. The summed E-state index contributed by atoms with van der Waals surface area (Å²) in [5.41, 5.74) is 4.75. The molecular formula is C30H30ClN5O2. The Hall–Kier alpha value is -4.15.